The van der Waals surface area contributed by atoms with E-state index in [0.29, 0.717) is 17.8 Å². The predicted octanol–water partition coefficient (Wildman–Crippen LogP) is 7.15. The van der Waals surface area contributed by atoms with Crippen molar-refractivity contribution in [1.82, 2.24) is 9.97 Å². The highest BCUT2D eigenvalue weighted by atomic mass is 14.8. The van der Waals surface area contributed by atoms with Gasteiger partial charge in [0.1, 0.15) is 0 Å². The van der Waals surface area contributed by atoms with E-state index in [1.165, 1.54) is 33.3 Å². The molecule has 2 heteroatoms. The number of hydrogen-bond donors (Lipinski definition) is 0. The zero-order valence-electron chi connectivity index (χ0n) is 17.6. The highest BCUT2D eigenvalue weighted by molar-refractivity contribution is 5.82. The number of pyridine rings is 2. The lowest BCUT2D eigenvalue weighted by Crippen LogP contribution is -2.32. The van der Waals surface area contributed by atoms with Gasteiger partial charge in [-0.1, -0.05) is 72.8 Å². The average molecular weight is 401 g/mol. The molecule has 2 heterocycles. The number of rotatable bonds is 3. The molecule has 2 aromatic heterocycles. The SMILES string of the molecule is Cc1cc([C@@H]2C[C@@H](c3ccccc3)[C@@H]2c2ccc3ccccc3n2)nc2ccccc12. The molecule has 0 spiro atoms. The van der Waals surface area contributed by atoms with E-state index in [1.54, 1.807) is 0 Å². The normalized spacial score (nSPS) is 20.6. The van der Waals surface area contributed by atoms with Gasteiger partial charge in [-0.15, -0.1) is 0 Å². The van der Waals surface area contributed by atoms with Gasteiger partial charge in [0.05, 0.1) is 11.0 Å². The second-order valence-electron chi connectivity index (χ2n) is 8.70. The van der Waals surface area contributed by atoms with Crippen molar-refractivity contribution in [3.8, 4) is 0 Å². The molecule has 1 fully saturated rings. The molecule has 0 unspecified atom stereocenters. The third-order valence-electron chi connectivity index (χ3n) is 6.89. The Morgan fingerprint density at radius 2 is 1.35 bits per heavy atom. The summed E-state index contributed by atoms with van der Waals surface area (Å²) in [6, 6.07) is 34.5. The number of aryl methyl sites for hydroxylation is 1. The summed E-state index contributed by atoms with van der Waals surface area (Å²) in [5, 5.41) is 2.43. The quantitative estimate of drug-likeness (QED) is 0.321. The Labute approximate surface area is 182 Å². The van der Waals surface area contributed by atoms with E-state index in [4.69, 9.17) is 9.97 Å². The standard InChI is InChI=1S/C29H24N2/c1-19-17-28(31-26-14-8-6-12-22(19)26)24-18-23(20-9-3-2-4-10-20)29(24)27-16-15-21-11-5-7-13-25(21)30-27/h2-17,23-24,29H,18H2,1H3/t23-,24-,29-/m0/s1. The molecule has 0 radical (unpaired) electrons. The second-order valence-corrected chi connectivity index (χ2v) is 8.70. The van der Waals surface area contributed by atoms with Crippen molar-refractivity contribution >= 4 is 21.8 Å². The number of fused-ring (bicyclic) bond motifs is 2. The second kappa shape index (κ2) is 7.31. The topological polar surface area (TPSA) is 25.8 Å². The van der Waals surface area contributed by atoms with Crippen molar-refractivity contribution < 1.29 is 0 Å². The molecule has 2 nitrogen and oxygen atoms in total. The molecule has 1 aliphatic rings. The summed E-state index contributed by atoms with van der Waals surface area (Å²) in [5.41, 5.74) is 7.23. The summed E-state index contributed by atoms with van der Waals surface area (Å²) >= 11 is 0. The Hall–Kier alpha value is -3.52. The lowest BCUT2D eigenvalue weighted by atomic mass is 9.59. The maximum atomic E-state index is 5.11. The van der Waals surface area contributed by atoms with Gasteiger partial charge in [-0.25, -0.2) is 0 Å². The molecular formula is C29H24N2. The van der Waals surface area contributed by atoms with Gasteiger partial charge in [-0.3, -0.25) is 9.97 Å². The maximum Gasteiger partial charge on any atom is 0.0708 e. The summed E-state index contributed by atoms with van der Waals surface area (Å²) in [6.45, 7) is 2.20. The van der Waals surface area contributed by atoms with Crippen LogP contribution >= 0.6 is 0 Å². The summed E-state index contributed by atoms with van der Waals surface area (Å²) in [7, 11) is 0. The first-order chi connectivity index (χ1) is 15.3. The van der Waals surface area contributed by atoms with Crippen LogP contribution < -0.4 is 0 Å². The van der Waals surface area contributed by atoms with Gasteiger partial charge in [0.25, 0.3) is 0 Å². The highest BCUT2D eigenvalue weighted by Crippen LogP contribution is 2.57. The van der Waals surface area contributed by atoms with Crippen LogP contribution in [-0.2, 0) is 0 Å². The first kappa shape index (κ1) is 18.3. The lowest BCUT2D eigenvalue weighted by molar-refractivity contribution is 0.275. The molecule has 6 rings (SSSR count). The van der Waals surface area contributed by atoms with Crippen LogP contribution in [0.15, 0.2) is 97.1 Å². The van der Waals surface area contributed by atoms with Crippen molar-refractivity contribution in [2.24, 2.45) is 0 Å². The Morgan fingerprint density at radius 1 is 0.645 bits per heavy atom. The molecule has 0 amide bonds. The lowest BCUT2D eigenvalue weighted by Gasteiger charge is -2.45. The molecule has 1 saturated carbocycles. The first-order valence-electron chi connectivity index (χ1n) is 11.0. The zero-order valence-corrected chi connectivity index (χ0v) is 17.6. The fraction of sp³-hybridized carbons (Fsp3) is 0.172. The third-order valence-corrected chi connectivity index (χ3v) is 6.89. The van der Waals surface area contributed by atoms with Crippen molar-refractivity contribution in [1.29, 1.82) is 0 Å². The van der Waals surface area contributed by atoms with Gasteiger partial charge >= 0.3 is 0 Å². The highest BCUT2D eigenvalue weighted by Gasteiger charge is 2.45. The molecule has 1 aliphatic carbocycles. The number of nitrogens with zero attached hydrogens (tertiary/aromatic N) is 2. The van der Waals surface area contributed by atoms with E-state index in [9.17, 15) is 0 Å². The molecule has 3 aromatic carbocycles. The monoisotopic (exact) mass is 400 g/mol. The summed E-state index contributed by atoms with van der Waals surface area (Å²) < 4.78 is 0. The van der Waals surface area contributed by atoms with Crippen LogP contribution in [0.5, 0.6) is 0 Å². The van der Waals surface area contributed by atoms with E-state index in [1.807, 2.05) is 0 Å². The van der Waals surface area contributed by atoms with E-state index < -0.39 is 0 Å². The summed E-state index contributed by atoms with van der Waals surface area (Å²) in [4.78, 5) is 10.2. The minimum absolute atomic E-state index is 0.333. The fourth-order valence-electron chi connectivity index (χ4n) is 5.24. The van der Waals surface area contributed by atoms with E-state index in [-0.39, 0.29) is 0 Å². The van der Waals surface area contributed by atoms with Crippen LogP contribution in [0, 0.1) is 6.92 Å². The predicted molar refractivity (Wildman–Crippen MR) is 128 cm³/mol. The van der Waals surface area contributed by atoms with Gasteiger partial charge in [0.15, 0.2) is 0 Å². The number of aromatic nitrogens is 2. The van der Waals surface area contributed by atoms with Crippen LogP contribution in [0.25, 0.3) is 21.8 Å². The number of para-hydroxylation sites is 2. The Bertz CT molecular complexity index is 1390. The van der Waals surface area contributed by atoms with Crippen LogP contribution in [0.1, 0.15) is 46.7 Å². The van der Waals surface area contributed by atoms with Gasteiger partial charge in [0, 0.05) is 34.0 Å². The summed E-state index contributed by atoms with van der Waals surface area (Å²) in [6.07, 6.45) is 1.11. The Kier molecular flexibility index (Phi) is 4.31. The van der Waals surface area contributed by atoms with Crippen LogP contribution in [-0.4, -0.2) is 9.97 Å². The van der Waals surface area contributed by atoms with E-state index >= 15 is 0 Å². The molecule has 150 valence electrons. The van der Waals surface area contributed by atoms with Crippen LogP contribution in [0.3, 0.4) is 0 Å². The van der Waals surface area contributed by atoms with E-state index in [0.717, 1.165) is 17.5 Å². The third kappa shape index (κ3) is 3.11. The van der Waals surface area contributed by atoms with Crippen molar-refractivity contribution in [3.05, 3.63) is 120 Å². The van der Waals surface area contributed by atoms with Gasteiger partial charge in [0.2, 0.25) is 0 Å². The molecule has 0 saturated heterocycles. The van der Waals surface area contributed by atoms with Crippen molar-refractivity contribution in [2.75, 3.05) is 0 Å². The zero-order chi connectivity index (χ0) is 20.8. The van der Waals surface area contributed by atoms with Gasteiger partial charge in [-0.2, -0.15) is 0 Å². The molecule has 0 N–H and O–H groups in total. The average Bonchev–Trinajstić information content (AvgIpc) is 2.79. The summed E-state index contributed by atoms with van der Waals surface area (Å²) in [5.74, 6) is 1.18. The number of hydrogen-bond acceptors (Lipinski definition) is 2. The molecule has 0 aliphatic heterocycles. The minimum Gasteiger partial charge on any atom is -0.253 e. The molecule has 0 bridgehead atoms. The first-order valence-corrected chi connectivity index (χ1v) is 11.0. The largest absolute Gasteiger partial charge is 0.253 e. The smallest absolute Gasteiger partial charge is 0.0708 e. The molecular weight excluding hydrogens is 376 g/mol. The van der Waals surface area contributed by atoms with E-state index in [2.05, 4.69) is 104 Å². The Balaban J connectivity index is 1.47. The van der Waals surface area contributed by atoms with Gasteiger partial charge < -0.3 is 0 Å². The van der Waals surface area contributed by atoms with Crippen molar-refractivity contribution in [3.63, 3.8) is 0 Å². The maximum absolute atomic E-state index is 5.11. The van der Waals surface area contributed by atoms with Gasteiger partial charge in [-0.05, 0) is 54.7 Å². The Morgan fingerprint density at radius 3 is 2.23 bits per heavy atom. The molecule has 5 aromatic rings. The molecule has 3 atom stereocenters. The minimum atomic E-state index is 0.333. The van der Waals surface area contributed by atoms with Crippen LogP contribution in [0.2, 0.25) is 0 Å². The van der Waals surface area contributed by atoms with Crippen LogP contribution in [0.4, 0.5) is 0 Å². The number of benzene rings is 3. The molecule has 31 heavy (non-hydrogen) atoms. The fourth-order valence-corrected chi connectivity index (χ4v) is 5.24. The van der Waals surface area contributed by atoms with Crippen molar-refractivity contribution in [2.45, 2.75) is 31.1 Å².